The average Bonchev–Trinajstić information content (AvgIpc) is 2.85. The van der Waals surface area contributed by atoms with Gasteiger partial charge in [-0.05, 0) is 52.8 Å². The van der Waals surface area contributed by atoms with Crippen molar-refractivity contribution in [2.24, 2.45) is 5.73 Å². The number of nitrogens with zero attached hydrogens (tertiary/aromatic N) is 1. The van der Waals surface area contributed by atoms with Gasteiger partial charge in [-0.25, -0.2) is 4.39 Å². The van der Waals surface area contributed by atoms with Gasteiger partial charge < -0.3 is 15.2 Å². The third-order valence-corrected chi connectivity index (χ3v) is 5.86. The van der Waals surface area contributed by atoms with E-state index in [9.17, 15) is 14.0 Å². The number of nitrogens with two attached hydrogens (primary N) is 1. The summed E-state index contributed by atoms with van der Waals surface area (Å²) in [6.07, 6.45) is 4.15. The molecule has 0 saturated carbocycles. The normalized spacial score (nSPS) is 15.6. The highest BCUT2D eigenvalue weighted by Gasteiger charge is 2.19. The second-order valence-electron chi connectivity index (χ2n) is 8.35. The summed E-state index contributed by atoms with van der Waals surface area (Å²) >= 11 is 0. The summed E-state index contributed by atoms with van der Waals surface area (Å²) in [5, 5.41) is 0. The molecule has 2 N–H and O–H groups in total. The number of carbonyl (C=O) groups is 2. The van der Waals surface area contributed by atoms with E-state index in [2.05, 4.69) is 4.98 Å². The minimum absolute atomic E-state index is 0.0630. The van der Waals surface area contributed by atoms with Crippen LogP contribution in [-0.2, 0) is 33.7 Å². The molecule has 1 unspecified atom stereocenters. The molecule has 1 saturated heterocycles. The molecule has 7 heteroatoms. The Hall–Kier alpha value is -3.42. The fraction of sp³-hybridized carbons (Fsp3) is 0.296. The molecule has 2 heterocycles. The molecule has 1 aromatic heterocycles. The SMILES string of the molecule is NCc1ccc(C(=O)Cc2ccncc2F)cc1-c1cccc(CC(=O)OC2CCCOC2)c1. The molecule has 176 valence electrons. The maximum Gasteiger partial charge on any atom is 0.310 e. The molecule has 0 bridgehead atoms. The molecule has 0 spiro atoms. The zero-order chi connectivity index (χ0) is 23.9. The van der Waals surface area contributed by atoms with Gasteiger partial charge in [0.05, 0.1) is 19.2 Å². The van der Waals surface area contributed by atoms with E-state index in [1.807, 2.05) is 30.3 Å². The molecule has 1 fully saturated rings. The van der Waals surface area contributed by atoms with Crippen LogP contribution in [0.4, 0.5) is 4.39 Å². The van der Waals surface area contributed by atoms with Crippen LogP contribution in [0.15, 0.2) is 60.9 Å². The summed E-state index contributed by atoms with van der Waals surface area (Å²) < 4.78 is 24.9. The lowest BCUT2D eigenvalue weighted by Gasteiger charge is -2.22. The van der Waals surface area contributed by atoms with Gasteiger partial charge in [-0.2, -0.15) is 0 Å². The van der Waals surface area contributed by atoms with Crippen molar-refractivity contribution in [3.8, 4) is 11.1 Å². The van der Waals surface area contributed by atoms with Gasteiger partial charge in [-0.1, -0.05) is 36.4 Å². The highest BCUT2D eigenvalue weighted by atomic mass is 19.1. The Morgan fingerprint density at radius 3 is 2.76 bits per heavy atom. The minimum Gasteiger partial charge on any atom is -0.460 e. The van der Waals surface area contributed by atoms with Gasteiger partial charge in [0.2, 0.25) is 0 Å². The third-order valence-electron chi connectivity index (χ3n) is 5.86. The van der Waals surface area contributed by atoms with Crippen LogP contribution in [-0.4, -0.2) is 36.1 Å². The Bertz CT molecular complexity index is 1170. The van der Waals surface area contributed by atoms with Crippen molar-refractivity contribution < 1.29 is 23.5 Å². The highest BCUT2D eigenvalue weighted by Crippen LogP contribution is 2.27. The number of rotatable bonds is 8. The predicted molar refractivity (Wildman–Crippen MR) is 126 cm³/mol. The number of hydrogen-bond acceptors (Lipinski definition) is 6. The lowest BCUT2D eigenvalue weighted by molar-refractivity contribution is -0.154. The Labute approximate surface area is 197 Å². The molecule has 0 amide bonds. The first-order valence-electron chi connectivity index (χ1n) is 11.3. The maximum absolute atomic E-state index is 13.9. The van der Waals surface area contributed by atoms with Gasteiger partial charge in [-0.15, -0.1) is 0 Å². The van der Waals surface area contributed by atoms with Gasteiger partial charge >= 0.3 is 5.97 Å². The highest BCUT2D eigenvalue weighted by molar-refractivity contribution is 5.98. The monoisotopic (exact) mass is 462 g/mol. The van der Waals surface area contributed by atoms with E-state index in [1.54, 1.807) is 12.1 Å². The van der Waals surface area contributed by atoms with Crippen LogP contribution in [0.3, 0.4) is 0 Å². The number of hydrogen-bond donors (Lipinski definition) is 1. The number of ether oxygens (including phenoxy) is 2. The quantitative estimate of drug-likeness (QED) is 0.401. The number of pyridine rings is 1. The molecular weight excluding hydrogens is 435 g/mol. The van der Waals surface area contributed by atoms with Crippen LogP contribution >= 0.6 is 0 Å². The Morgan fingerprint density at radius 1 is 1.12 bits per heavy atom. The molecule has 1 aliphatic rings. The van der Waals surface area contributed by atoms with Crippen LogP contribution in [0.25, 0.3) is 11.1 Å². The molecule has 1 atom stereocenters. The van der Waals surface area contributed by atoms with Crippen LogP contribution in [0.1, 0.15) is 39.9 Å². The standard InChI is InChI=1S/C27H27FN2O4/c28-25-16-30-9-8-20(25)14-26(31)21-6-7-22(15-29)24(13-21)19-4-1-3-18(11-19)12-27(32)34-23-5-2-10-33-17-23/h1,3-4,6-9,11,13,16,23H,2,5,10,12,14-15,17,29H2. The van der Waals surface area contributed by atoms with Gasteiger partial charge in [0, 0.05) is 31.3 Å². The topological polar surface area (TPSA) is 91.5 Å². The Balaban J connectivity index is 1.53. The fourth-order valence-corrected chi connectivity index (χ4v) is 4.07. The third kappa shape index (κ3) is 5.92. The van der Waals surface area contributed by atoms with E-state index in [0.29, 0.717) is 24.3 Å². The summed E-state index contributed by atoms with van der Waals surface area (Å²) in [5.41, 5.74) is 10.0. The molecular formula is C27H27FN2O4. The second kappa shape index (κ2) is 11.1. The van der Waals surface area contributed by atoms with E-state index in [4.69, 9.17) is 15.2 Å². The first-order chi connectivity index (χ1) is 16.5. The molecule has 6 nitrogen and oxygen atoms in total. The second-order valence-corrected chi connectivity index (χ2v) is 8.35. The van der Waals surface area contributed by atoms with E-state index in [-0.39, 0.29) is 37.2 Å². The molecule has 0 aliphatic carbocycles. The number of ketones is 1. The Morgan fingerprint density at radius 2 is 2.00 bits per heavy atom. The number of esters is 1. The van der Waals surface area contributed by atoms with Gasteiger partial charge in [0.25, 0.3) is 0 Å². The minimum atomic E-state index is -0.506. The van der Waals surface area contributed by atoms with Crippen molar-refractivity contribution in [2.75, 3.05) is 13.2 Å². The van der Waals surface area contributed by atoms with E-state index in [1.165, 1.54) is 12.3 Å². The zero-order valence-corrected chi connectivity index (χ0v) is 18.8. The summed E-state index contributed by atoms with van der Waals surface area (Å²) in [5.74, 6) is -1.01. The lowest BCUT2D eigenvalue weighted by Crippen LogP contribution is -2.28. The summed E-state index contributed by atoms with van der Waals surface area (Å²) in [7, 11) is 0. The molecule has 34 heavy (non-hydrogen) atoms. The summed E-state index contributed by atoms with van der Waals surface area (Å²) in [6.45, 7) is 1.44. The molecule has 1 aliphatic heterocycles. The van der Waals surface area contributed by atoms with Crippen molar-refractivity contribution in [1.82, 2.24) is 4.98 Å². The fourth-order valence-electron chi connectivity index (χ4n) is 4.07. The first-order valence-corrected chi connectivity index (χ1v) is 11.3. The molecule has 4 rings (SSSR count). The smallest absolute Gasteiger partial charge is 0.310 e. The van der Waals surface area contributed by atoms with Crippen molar-refractivity contribution >= 4 is 11.8 Å². The number of halogens is 1. The van der Waals surface area contributed by atoms with E-state index in [0.717, 1.165) is 41.3 Å². The van der Waals surface area contributed by atoms with Crippen LogP contribution in [0.2, 0.25) is 0 Å². The van der Waals surface area contributed by atoms with Crippen LogP contribution in [0.5, 0.6) is 0 Å². The number of carbonyl (C=O) groups excluding carboxylic acids is 2. The number of aromatic nitrogens is 1. The van der Waals surface area contributed by atoms with Crippen molar-refractivity contribution in [3.05, 3.63) is 89.0 Å². The first kappa shape index (κ1) is 23.7. The van der Waals surface area contributed by atoms with Crippen LogP contribution in [0, 0.1) is 5.82 Å². The van der Waals surface area contributed by atoms with Crippen LogP contribution < -0.4 is 5.73 Å². The Kier molecular flexibility index (Phi) is 7.77. The van der Waals surface area contributed by atoms with E-state index >= 15 is 0 Å². The van der Waals surface area contributed by atoms with Crippen molar-refractivity contribution in [2.45, 2.75) is 38.3 Å². The summed E-state index contributed by atoms with van der Waals surface area (Å²) in [4.78, 5) is 29.0. The van der Waals surface area contributed by atoms with Gasteiger partial charge in [-0.3, -0.25) is 14.6 Å². The zero-order valence-electron chi connectivity index (χ0n) is 18.8. The molecule has 2 aromatic carbocycles. The summed E-state index contributed by atoms with van der Waals surface area (Å²) in [6, 6.07) is 14.4. The van der Waals surface area contributed by atoms with Gasteiger partial charge in [0.15, 0.2) is 5.78 Å². The molecule has 3 aromatic rings. The number of benzene rings is 2. The number of Topliss-reactive ketones (excluding diaryl/α,β-unsaturated/α-hetero) is 1. The van der Waals surface area contributed by atoms with E-state index < -0.39 is 5.82 Å². The van der Waals surface area contributed by atoms with Crippen molar-refractivity contribution in [1.29, 1.82) is 0 Å². The lowest BCUT2D eigenvalue weighted by atomic mass is 9.93. The van der Waals surface area contributed by atoms with Gasteiger partial charge in [0.1, 0.15) is 11.9 Å². The molecule has 0 radical (unpaired) electrons. The van der Waals surface area contributed by atoms with Crippen molar-refractivity contribution in [3.63, 3.8) is 0 Å². The largest absolute Gasteiger partial charge is 0.460 e. The maximum atomic E-state index is 13.9. The predicted octanol–water partition coefficient (Wildman–Crippen LogP) is 4.04. The average molecular weight is 463 g/mol.